The van der Waals surface area contributed by atoms with Gasteiger partial charge in [0.15, 0.2) is 12.4 Å². The first-order chi connectivity index (χ1) is 19.5. The smallest absolute Gasteiger partial charge is 0.229 e. The molecule has 2 aromatic rings. The molecule has 0 aromatic heterocycles. The van der Waals surface area contributed by atoms with Crippen LogP contribution in [-0.2, 0) is 19.0 Å². The van der Waals surface area contributed by atoms with Gasteiger partial charge in [0.2, 0.25) is 6.29 Å². The van der Waals surface area contributed by atoms with Crippen molar-refractivity contribution in [2.45, 2.75) is 74.8 Å². The lowest BCUT2D eigenvalue weighted by Crippen LogP contribution is -2.63. The van der Waals surface area contributed by atoms with Crippen LogP contribution < -0.4 is 9.47 Å². The lowest BCUT2D eigenvalue weighted by molar-refractivity contribution is -0.344. The molecule has 0 saturated carbocycles. The monoisotopic (exact) mass is 582 g/mol. The van der Waals surface area contributed by atoms with Crippen molar-refractivity contribution in [3.8, 4) is 23.0 Å². The van der Waals surface area contributed by atoms with Gasteiger partial charge in [-0.15, -0.1) is 0 Å². The van der Waals surface area contributed by atoms with E-state index in [9.17, 15) is 45.6 Å². The quantitative estimate of drug-likeness (QED) is 0.153. The van der Waals surface area contributed by atoms with Gasteiger partial charge < -0.3 is 69.3 Å². The molecule has 0 amide bonds. The van der Waals surface area contributed by atoms with Crippen LogP contribution in [0.5, 0.6) is 23.0 Å². The van der Waals surface area contributed by atoms with Gasteiger partial charge in [0.05, 0.1) is 13.2 Å². The molecule has 10 unspecified atom stereocenters. The maximum Gasteiger partial charge on any atom is 0.229 e. The number of aliphatic hydroxyl groups excluding tert-OH is 6. The highest BCUT2D eigenvalue weighted by Gasteiger charge is 2.50. The van der Waals surface area contributed by atoms with Crippen molar-refractivity contribution in [1.29, 1.82) is 0 Å². The Morgan fingerprint density at radius 3 is 2.34 bits per heavy atom. The van der Waals surface area contributed by atoms with Gasteiger partial charge in [-0.25, -0.2) is 0 Å². The zero-order chi connectivity index (χ0) is 29.8. The number of carbonyl (C=O) groups is 1. The topological polar surface area (TPSA) is 225 Å². The van der Waals surface area contributed by atoms with Crippen LogP contribution >= 0.6 is 0 Å². The average Bonchev–Trinajstić information content (AvgIpc) is 2.95. The highest BCUT2D eigenvalue weighted by molar-refractivity contribution is 5.53. The van der Waals surface area contributed by atoms with Crippen molar-refractivity contribution >= 4 is 6.29 Å². The standard InChI is InChI=1S/C27H34O14/c1-12-16(31)8-15(9-19(12)39-18(6-7-28)13-2-4-14(30)5-3-13)38-27-25(23(35)22(34)20(10-29)40-27)41-26-24(36)21(33)17(32)11-37-26/h2-5,7-9,17-18,20-27,29-36H,6,10-11H2,1H3. The molecule has 14 heteroatoms. The molecule has 0 bridgehead atoms. The number of phenolic OH excluding ortho intramolecular Hbond substituents is 2. The number of carbonyl (C=O) groups excluding carboxylic acids is 1. The normalized spacial score (nSPS) is 32.7. The molecule has 2 aliphatic rings. The summed E-state index contributed by atoms with van der Waals surface area (Å²) < 4.78 is 28.4. The summed E-state index contributed by atoms with van der Waals surface area (Å²) in [6.07, 6.45) is -14.2. The minimum Gasteiger partial charge on any atom is -0.508 e. The number of aliphatic hydroxyl groups is 6. The second kappa shape index (κ2) is 13.3. The van der Waals surface area contributed by atoms with E-state index in [4.69, 9.17) is 23.7 Å². The predicted octanol–water partition coefficient (Wildman–Crippen LogP) is -1.24. The van der Waals surface area contributed by atoms with Crippen molar-refractivity contribution in [3.63, 3.8) is 0 Å². The lowest BCUT2D eigenvalue weighted by Gasteiger charge is -2.44. The molecular formula is C27H34O14. The van der Waals surface area contributed by atoms with E-state index in [0.717, 1.165) is 0 Å². The highest BCUT2D eigenvalue weighted by Crippen LogP contribution is 2.38. The number of aromatic hydroxyl groups is 2. The van der Waals surface area contributed by atoms with Crippen LogP contribution in [0.3, 0.4) is 0 Å². The third-order valence-electron chi connectivity index (χ3n) is 6.97. The summed E-state index contributed by atoms with van der Waals surface area (Å²) in [7, 11) is 0. The molecule has 4 rings (SSSR count). The zero-order valence-corrected chi connectivity index (χ0v) is 22.0. The second-order valence-corrected chi connectivity index (χ2v) is 9.84. The van der Waals surface area contributed by atoms with Gasteiger partial charge in [-0.2, -0.15) is 0 Å². The van der Waals surface area contributed by atoms with Crippen LogP contribution in [0.25, 0.3) is 0 Å². The fourth-order valence-corrected chi connectivity index (χ4v) is 4.50. The van der Waals surface area contributed by atoms with E-state index in [1.54, 1.807) is 19.1 Å². The Morgan fingerprint density at radius 1 is 0.976 bits per heavy atom. The minimum absolute atomic E-state index is 0.0254. The summed E-state index contributed by atoms with van der Waals surface area (Å²) >= 11 is 0. The molecule has 226 valence electrons. The molecular weight excluding hydrogens is 548 g/mol. The molecule has 10 atom stereocenters. The molecule has 0 radical (unpaired) electrons. The van der Waals surface area contributed by atoms with Crippen molar-refractivity contribution in [2.24, 2.45) is 0 Å². The summed E-state index contributed by atoms with van der Waals surface area (Å²) in [4.78, 5) is 11.3. The van der Waals surface area contributed by atoms with Crippen LogP contribution in [0.15, 0.2) is 36.4 Å². The van der Waals surface area contributed by atoms with E-state index < -0.39 is 74.6 Å². The van der Waals surface area contributed by atoms with Crippen molar-refractivity contribution in [1.82, 2.24) is 0 Å². The number of phenols is 2. The van der Waals surface area contributed by atoms with Crippen LogP contribution in [0, 0.1) is 6.92 Å². The van der Waals surface area contributed by atoms with Gasteiger partial charge in [-0.1, -0.05) is 12.1 Å². The van der Waals surface area contributed by atoms with Crippen LogP contribution in [-0.4, -0.2) is 116 Å². The number of hydrogen-bond acceptors (Lipinski definition) is 14. The molecule has 0 aliphatic carbocycles. The second-order valence-electron chi connectivity index (χ2n) is 9.84. The first-order valence-electron chi connectivity index (χ1n) is 12.9. The largest absolute Gasteiger partial charge is 0.508 e. The van der Waals surface area contributed by atoms with Crippen LogP contribution in [0.4, 0.5) is 0 Å². The van der Waals surface area contributed by atoms with Gasteiger partial charge >= 0.3 is 0 Å². The molecule has 2 heterocycles. The number of ether oxygens (including phenoxy) is 5. The van der Waals surface area contributed by atoms with Gasteiger partial charge in [-0.05, 0) is 24.6 Å². The predicted molar refractivity (Wildman–Crippen MR) is 136 cm³/mol. The van der Waals surface area contributed by atoms with E-state index in [-0.39, 0.29) is 29.4 Å². The van der Waals surface area contributed by atoms with E-state index >= 15 is 0 Å². The Hall–Kier alpha value is -3.05. The Balaban J connectivity index is 1.60. The SMILES string of the molecule is Cc1c(O)cc(OC2OC(CO)C(O)C(O)C2OC2OCC(O)C(O)C2O)cc1OC(CC=O)c1ccc(O)cc1. The van der Waals surface area contributed by atoms with Gasteiger partial charge in [0.1, 0.15) is 72.0 Å². The van der Waals surface area contributed by atoms with E-state index in [1.807, 2.05) is 0 Å². The highest BCUT2D eigenvalue weighted by atomic mass is 16.8. The fraction of sp³-hybridized carbons (Fsp3) is 0.519. The number of rotatable bonds is 10. The van der Waals surface area contributed by atoms with Gasteiger partial charge in [0.25, 0.3) is 0 Å². The molecule has 2 fully saturated rings. The zero-order valence-electron chi connectivity index (χ0n) is 22.0. The van der Waals surface area contributed by atoms with Gasteiger partial charge in [0, 0.05) is 24.1 Å². The molecule has 2 saturated heterocycles. The summed E-state index contributed by atoms with van der Waals surface area (Å²) in [6.45, 7) is 0.469. The third-order valence-corrected chi connectivity index (χ3v) is 6.97. The molecule has 41 heavy (non-hydrogen) atoms. The first kappa shape index (κ1) is 30.9. The summed E-state index contributed by atoms with van der Waals surface area (Å²) in [5.41, 5.74) is 0.879. The maximum absolute atomic E-state index is 11.3. The van der Waals surface area contributed by atoms with Gasteiger partial charge in [-0.3, -0.25) is 0 Å². The number of hydrogen-bond donors (Lipinski definition) is 8. The fourth-order valence-electron chi connectivity index (χ4n) is 4.50. The van der Waals surface area contributed by atoms with E-state index in [2.05, 4.69) is 0 Å². The van der Waals surface area contributed by atoms with Crippen LogP contribution in [0.1, 0.15) is 23.7 Å². The third kappa shape index (κ3) is 6.89. The molecule has 0 spiro atoms. The Kier molecular flexibility index (Phi) is 10.0. The van der Waals surface area contributed by atoms with Crippen molar-refractivity contribution < 1.29 is 69.3 Å². The summed E-state index contributed by atoms with van der Waals surface area (Å²) in [5, 5.41) is 81.0. The van der Waals surface area contributed by atoms with Crippen molar-refractivity contribution in [3.05, 3.63) is 47.5 Å². The molecule has 2 aliphatic heterocycles. The molecule has 14 nitrogen and oxygen atoms in total. The number of aldehydes is 1. The van der Waals surface area contributed by atoms with E-state index in [0.29, 0.717) is 17.4 Å². The van der Waals surface area contributed by atoms with E-state index in [1.165, 1.54) is 24.3 Å². The first-order valence-corrected chi connectivity index (χ1v) is 12.9. The summed E-state index contributed by atoms with van der Waals surface area (Å²) in [5.74, 6) is -0.171. The Morgan fingerprint density at radius 2 is 1.68 bits per heavy atom. The molecule has 8 N–H and O–H groups in total. The number of benzene rings is 2. The van der Waals surface area contributed by atoms with Crippen molar-refractivity contribution in [2.75, 3.05) is 13.2 Å². The Bertz CT molecular complexity index is 1160. The minimum atomic E-state index is -1.73. The average molecular weight is 583 g/mol. The van der Waals surface area contributed by atoms with Crippen LogP contribution in [0.2, 0.25) is 0 Å². The lowest BCUT2D eigenvalue weighted by atomic mass is 9.98. The summed E-state index contributed by atoms with van der Waals surface area (Å²) in [6, 6.07) is 8.63. The Labute approximate surface area is 234 Å². The maximum atomic E-state index is 11.3. The molecule has 2 aromatic carbocycles.